The van der Waals surface area contributed by atoms with Gasteiger partial charge in [0.05, 0.1) is 22.5 Å². The van der Waals surface area contributed by atoms with Crippen LogP contribution in [0.3, 0.4) is 0 Å². The number of carbonyl (C=O) groups excluding carboxylic acids is 2. The summed E-state index contributed by atoms with van der Waals surface area (Å²) in [5.41, 5.74) is -0.557. The summed E-state index contributed by atoms with van der Waals surface area (Å²) in [5, 5.41) is 27.1. The number of hydrogen-bond acceptors (Lipinski definition) is 7. The van der Waals surface area contributed by atoms with Crippen LogP contribution in [0.25, 0.3) is 6.08 Å². The van der Waals surface area contributed by atoms with Crippen LogP contribution >= 0.6 is 27.5 Å². The Kier molecular flexibility index (Phi) is 8.35. The number of nitrogens with one attached hydrogen (secondary N) is 2. The van der Waals surface area contributed by atoms with Gasteiger partial charge in [-0.25, -0.2) is 0 Å². The lowest BCUT2D eigenvalue weighted by atomic mass is 10.1. The number of nitro benzene ring substituents is 2. The predicted molar refractivity (Wildman–Crippen MR) is 136 cm³/mol. The third-order valence-corrected chi connectivity index (χ3v) is 5.50. The summed E-state index contributed by atoms with van der Waals surface area (Å²) in [7, 11) is 1.38. The molecule has 0 saturated heterocycles. The molecular weight excluding hydrogens is 560 g/mol. The molecule has 0 aliphatic heterocycles. The first kappa shape index (κ1) is 26.3. The van der Waals surface area contributed by atoms with Gasteiger partial charge in [-0.1, -0.05) is 39.7 Å². The van der Waals surface area contributed by atoms with Gasteiger partial charge in [-0.2, -0.15) is 0 Å². The van der Waals surface area contributed by atoms with E-state index in [1.165, 1.54) is 55.7 Å². The standard InChI is InChI=1S/C23H16BrClN4O7/c1-36-21-8-5-14(24)11-17(21)22(30)27-19(10-13-3-2-4-16(9-13)28(32)33)23(31)26-15-6-7-18(25)20(12-15)29(34)35/h2-12H,1H3,(H,26,31)(H,27,30). The van der Waals surface area contributed by atoms with Crippen molar-refractivity contribution in [2.24, 2.45) is 0 Å². The van der Waals surface area contributed by atoms with Crippen molar-refractivity contribution in [1.82, 2.24) is 5.32 Å². The molecule has 3 rings (SSSR count). The highest BCUT2D eigenvalue weighted by molar-refractivity contribution is 9.10. The monoisotopic (exact) mass is 574 g/mol. The quantitative estimate of drug-likeness (QED) is 0.209. The Bertz CT molecular complexity index is 1410. The molecule has 13 heteroatoms. The highest BCUT2D eigenvalue weighted by Crippen LogP contribution is 2.28. The Morgan fingerprint density at radius 2 is 1.78 bits per heavy atom. The molecule has 3 aromatic rings. The summed E-state index contributed by atoms with van der Waals surface area (Å²) in [6.07, 6.45) is 1.23. The van der Waals surface area contributed by atoms with Gasteiger partial charge in [0, 0.05) is 28.4 Å². The van der Waals surface area contributed by atoms with Crippen molar-refractivity contribution < 1.29 is 24.2 Å². The molecule has 2 amide bonds. The van der Waals surface area contributed by atoms with Gasteiger partial charge >= 0.3 is 0 Å². The van der Waals surface area contributed by atoms with E-state index in [4.69, 9.17) is 16.3 Å². The lowest BCUT2D eigenvalue weighted by Crippen LogP contribution is -2.31. The molecule has 36 heavy (non-hydrogen) atoms. The number of carbonyl (C=O) groups is 2. The number of amides is 2. The zero-order chi connectivity index (χ0) is 26.4. The van der Waals surface area contributed by atoms with Gasteiger partial charge in [0.1, 0.15) is 16.5 Å². The highest BCUT2D eigenvalue weighted by atomic mass is 79.9. The SMILES string of the molecule is COc1ccc(Br)cc1C(=O)NC(=Cc1cccc([N+](=O)[O-])c1)C(=O)Nc1ccc(Cl)c([N+](=O)[O-])c1. The fourth-order valence-corrected chi connectivity index (χ4v) is 3.58. The van der Waals surface area contributed by atoms with Crippen LogP contribution in [0.5, 0.6) is 5.75 Å². The summed E-state index contributed by atoms with van der Waals surface area (Å²) in [6, 6.07) is 13.7. The minimum absolute atomic E-state index is 0.0373. The minimum Gasteiger partial charge on any atom is -0.496 e. The van der Waals surface area contributed by atoms with Gasteiger partial charge in [-0.3, -0.25) is 29.8 Å². The van der Waals surface area contributed by atoms with Crippen LogP contribution < -0.4 is 15.4 Å². The first-order valence-corrected chi connectivity index (χ1v) is 11.1. The number of ether oxygens (including phenoxy) is 1. The molecule has 3 aromatic carbocycles. The molecule has 0 aromatic heterocycles. The third-order valence-electron chi connectivity index (χ3n) is 4.69. The Balaban J connectivity index is 2.01. The predicted octanol–water partition coefficient (Wildman–Crippen LogP) is 5.34. The zero-order valence-electron chi connectivity index (χ0n) is 18.4. The number of halogens is 2. The van der Waals surface area contributed by atoms with Gasteiger partial charge in [0.2, 0.25) is 0 Å². The van der Waals surface area contributed by atoms with E-state index in [0.29, 0.717) is 4.47 Å². The van der Waals surface area contributed by atoms with Crippen molar-refractivity contribution >= 4 is 62.5 Å². The van der Waals surface area contributed by atoms with Crippen LogP contribution in [-0.2, 0) is 4.79 Å². The molecule has 0 spiro atoms. The summed E-state index contributed by atoms with van der Waals surface area (Å²) in [6.45, 7) is 0. The van der Waals surface area contributed by atoms with E-state index in [1.807, 2.05) is 0 Å². The Hall–Kier alpha value is -4.29. The summed E-state index contributed by atoms with van der Waals surface area (Å²) in [5.74, 6) is -1.32. The first-order valence-electron chi connectivity index (χ1n) is 9.95. The van der Waals surface area contributed by atoms with Crippen LogP contribution in [0, 0.1) is 20.2 Å². The van der Waals surface area contributed by atoms with Crippen molar-refractivity contribution in [1.29, 1.82) is 0 Å². The number of methoxy groups -OCH3 is 1. The van der Waals surface area contributed by atoms with Gasteiger partial charge in [-0.15, -0.1) is 0 Å². The minimum atomic E-state index is -0.847. The van der Waals surface area contributed by atoms with Gasteiger partial charge in [0.25, 0.3) is 23.2 Å². The number of rotatable bonds is 8. The number of benzene rings is 3. The van der Waals surface area contributed by atoms with Gasteiger partial charge in [0.15, 0.2) is 0 Å². The van der Waals surface area contributed by atoms with E-state index in [2.05, 4.69) is 26.6 Å². The number of hydrogen-bond donors (Lipinski definition) is 2. The second-order valence-corrected chi connectivity index (χ2v) is 8.41. The largest absolute Gasteiger partial charge is 0.496 e. The average Bonchev–Trinajstić information content (AvgIpc) is 2.84. The molecule has 0 fully saturated rings. The lowest BCUT2D eigenvalue weighted by molar-refractivity contribution is -0.385. The summed E-state index contributed by atoms with van der Waals surface area (Å²) < 4.78 is 5.79. The van der Waals surface area contributed by atoms with E-state index >= 15 is 0 Å². The number of nitrogens with zero attached hydrogens (tertiary/aromatic N) is 2. The molecular formula is C23H16BrClN4O7. The maximum atomic E-state index is 13.1. The number of nitro groups is 2. The van der Waals surface area contributed by atoms with Crippen LogP contribution in [0.15, 0.2) is 70.8 Å². The van der Waals surface area contributed by atoms with E-state index in [9.17, 15) is 29.8 Å². The second kappa shape index (κ2) is 11.4. The molecule has 0 unspecified atom stereocenters. The second-order valence-electron chi connectivity index (χ2n) is 7.09. The van der Waals surface area contributed by atoms with Crippen molar-refractivity contribution in [3.8, 4) is 5.75 Å². The van der Waals surface area contributed by atoms with E-state index in [0.717, 1.165) is 6.07 Å². The molecule has 184 valence electrons. The van der Waals surface area contributed by atoms with Gasteiger partial charge in [-0.05, 0) is 42.0 Å². The third kappa shape index (κ3) is 6.43. The van der Waals surface area contributed by atoms with E-state index in [-0.39, 0.29) is 39.0 Å². The molecule has 11 nitrogen and oxygen atoms in total. The van der Waals surface area contributed by atoms with Crippen molar-refractivity contribution in [2.75, 3.05) is 12.4 Å². The Morgan fingerprint density at radius 3 is 2.44 bits per heavy atom. The average molecular weight is 576 g/mol. The normalized spacial score (nSPS) is 10.9. The van der Waals surface area contributed by atoms with Crippen LogP contribution in [0.4, 0.5) is 17.1 Å². The highest BCUT2D eigenvalue weighted by Gasteiger charge is 2.20. The van der Waals surface area contributed by atoms with E-state index < -0.39 is 27.3 Å². The van der Waals surface area contributed by atoms with Gasteiger partial charge < -0.3 is 15.4 Å². The maximum Gasteiger partial charge on any atom is 0.289 e. The lowest BCUT2D eigenvalue weighted by Gasteiger charge is -2.13. The van der Waals surface area contributed by atoms with Crippen molar-refractivity contribution in [3.63, 3.8) is 0 Å². The molecule has 0 aliphatic carbocycles. The van der Waals surface area contributed by atoms with Crippen molar-refractivity contribution in [2.45, 2.75) is 0 Å². The first-order chi connectivity index (χ1) is 17.1. The maximum absolute atomic E-state index is 13.1. The topological polar surface area (TPSA) is 154 Å². The summed E-state index contributed by atoms with van der Waals surface area (Å²) in [4.78, 5) is 47.2. The molecule has 0 bridgehead atoms. The van der Waals surface area contributed by atoms with Crippen LogP contribution in [0.1, 0.15) is 15.9 Å². The zero-order valence-corrected chi connectivity index (χ0v) is 20.7. The molecule has 0 saturated carbocycles. The molecule has 0 heterocycles. The molecule has 0 aliphatic rings. The number of anilines is 1. The molecule has 2 N–H and O–H groups in total. The van der Waals surface area contributed by atoms with Crippen LogP contribution in [0.2, 0.25) is 5.02 Å². The molecule has 0 atom stereocenters. The smallest absolute Gasteiger partial charge is 0.289 e. The number of non-ortho nitro benzene ring substituents is 1. The van der Waals surface area contributed by atoms with Crippen molar-refractivity contribution in [3.05, 3.63) is 107 Å². The van der Waals surface area contributed by atoms with E-state index in [1.54, 1.807) is 12.1 Å². The fraction of sp³-hybridized carbons (Fsp3) is 0.0435. The summed E-state index contributed by atoms with van der Waals surface area (Å²) >= 11 is 9.10. The van der Waals surface area contributed by atoms with Crippen LogP contribution in [-0.4, -0.2) is 28.8 Å². The molecule has 0 radical (unpaired) electrons. The Labute approximate surface area is 217 Å². The Morgan fingerprint density at radius 1 is 1.03 bits per heavy atom. The fourth-order valence-electron chi connectivity index (χ4n) is 3.03.